The van der Waals surface area contributed by atoms with E-state index in [-0.39, 0.29) is 0 Å². The van der Waals surface area contributed by atoms with Crippen molar-refractivity contribution >= 4 is 0 Å². The maximum absolute atomic E-state index is 3.61. The summed E-state index contributed by atoms with van der Waals surface area (Å²) < 4.78 is 0. The van der Waals surface area contributed by atoms with Crippen molar-refractivity contribution in [1.82, 2.24) is 10.2 Å². The molecule has 0 aliphatic carbocycles. The molecule has 114 valence electrons. The summed E-state index contributed by atoms with van der Waals surface area (Å²) in [7, 11) is 2.25. The third-order valence-electron chi connectivity index (χ3n) is 3.99. The summed E-state index contributed by atoms with van der Waals surface area (Å²) in [6.07, 6.45) is 2.44. The Kier molecular flexibility index (Phi) is 7.86. The van der Waals surface area contributed by atoms with Gasteiger partial charge in [0.2, 0.25) is 0 Å². The van der Waals surface area contributed by atoms with E-state index in [2.05, 4.69) is 75.3 Å². The minimum absolute atomic E-state index is 0.468. The van der Waals surface area contributed by atoms with Gasteiger partial charge in [0.15, 0.2) is 0 Å². The van der Waals surface area contributed by atoms with Gasteiger partial charge in [-0.2, -0.15) is 0 Å². The Hall–Kier alpha value is -0.860. The summed E-state index contributed by atoms with van der Waals surface area (Å²) in [6, 6.07) is 11.9. The molecule has 0 aliphatic rings. The average Bonchev–Trinajstić information content (AvgIpc) is 2.43. The Morgan fingerprint density at radius 3 is 2.30 bits per heavy atom. The molecule has 2 atom stereocenters. The fraction of sp³-hybridized carbons (Fsp3) is 0.667. The summed E-state index contributed by atoms with van der Waals surface area (Å²) in [5.74, 6) is 0.770. The van der Waals surface area contributed by atoms with Gasteiger partial charge >= 0.3 is 0 Å². The number of nitrogens with zero attached hydrogens (tertiary/aromatic N) is 1. The van der Waals surface area contributed by atoms with E-state index in [0.717, 1.165) is 25.4 Å². The summed E-state index contributed by atoms with van der Waals surface area (Å²) >= 11 is 0. The van der Waals surface area contributed by atoms with Gasteiger partial charge in [0.25, 0.3) is 0 Å². The van der Waals surface area contributed by atoms with Gasteiger partial charge in [0, 0.05) is 12.1 Å². The summed E-state index contributed by atoms with van der Waals surface area (Å²) in [6.45, 7) is 11.3. The predicted molar refractivity (Wildman–Crippen MR) is 89.0 cm³/mol. The lowest BCUT2D eigenvalue weighted by Crippen LogP contribution is -2.33. The van der Waals surface area contributed by atoms with Crippen molar-refractivity contribution < 1.29 is 0 Å². The molecular formula is C18H32N2. The Morgan fingerprint density at radius 2 is 1.75 bits per heavy atom. The van der Waals surface area contributed by atoms with Crippen LogP contribution in [0.1, 0.15) is 52.1 Å². The number of hydrogen-bond acceptors (Lipinski definition) is 2. The molecule has 0 aliphatic heterocycles. The van der Waals surface area contributed by atoms with Crippen molar-refractivity contribution in [2.24, 2.45) is 5.92 Å². The number of hydrogen-bond donors (Lipinski definition) is 1. The Morgan fingerprint density at radius 1 is 1.10 bits per heavy atom. The van der Waals surface area contributed by atoms with Crippen molar-refractivity contribution in [1.29, 1.82) is 0 Å². The lowest BCUT2D eigenvalue weighted by molar-refractivity contribution is 0.217. The van der Waals surface area contributed by atoms with Crippen LogP contribution in [0.2, 0.25) is 0 Å². The van der Waals surface area contributed by atoms with Crippen molar-refractivity contribution in [3.05, 3.63) is 35.9 Å². The van der Waals surface area contributed by atoms with Crippen LogP contribution in [0.15, 0.2) is 30.3 Å². The highest BCUT2D eigenvalue weighted by atomic mass is 15.1. The second kappa shape index (κ2) is 9.15. The van der Waals surface area contributed by atoms with Crippen LogP contribution >= 0.6 is 0 Å². The van der Waals surface area contributed by atoms with Crippen LogP contribution in [0.3, 0.4) is 0 Å². The topological polar surface area (TPSA) is 15.3 Å². The third kappa shape index (κ3) is 6.06. The largest absolute Gasteiger partial charge is 0.310 e. The van der Waals surface area contributed by atoms with Crippen LogP contribution in [-0.2, 0) is 0 Å². The zero-order chi connectivity index (χ0) is 15.0. The molecular weight excluding hydrogens is 244 g/mol. The fourth-order valence-corrected chi connectivity index (χ4v) is 2.73. The highest BCUT2D eigenvalue weighted by Crippen LogP contribution is 2.18. The lowest BCUT2D eigenvalue weighted by atomic mass is 10.0. The van der Waals surface area contributed by atoms with Crippen molar-refractivity contribution in [2.45, 2.75) is 52.6 Å². The first-order valence-corrected chi connectivity index (χ1v) is 8.03. The van der Waals surface area contributed by atoms with E-state index in [1.807, 2.05) is 0 Å². The second-order valence-electron chi connectivity index (χ2n) is 6.27. The zero-order valence-corrected chi connectivity index (χ0v) is 13.9. The molecule has 0 fully saturated rings. The minimum atomic E-state index is 0.468. The standard InChI is InChI=1S/C18H32N2/c1-6-19-18(17-10-8-7-9-11-17)12-13-20(5)16(4)14-15(2)3/h7-11,15-16,18-19H,6,12-14H2,1-5H3. The Bertz CT molecular complexity index is 348. The van der Waals surface area contributed by atoms with Gasteiger partial charge in [-0.05, 0) is 51.4 Å². The van der Waals surface area contributed by atoms with Gasteiger partial charge < -0.3 is 10.2 Å². The lowest BCUT2D eigenvalue weighted by Gasteiger charge is -2.28. The predicted octanol–water partition coefficient (Wildman–Crippen LogP) is 4.09. The maximum atomic E-state index is 3.61. The van der Waals surface area contributed by atoms with Crippen molar-refractivity contribution in [3.63, 3.8) is 0 Å². The molecule has 0 radical (unpaired) electrons. The first-order chi connectivity index (χ1) is 9.54. The highest BCUT2D eigenvalue weighted by Gasteiger charge is 2.14. The minimum Gasteiger partial charge on any atom is -0.310 e. The first kappa shape index (κ1) is 17.2. The van der Waals surface area contributed by atoms with Gasteiger partial charge in [-0.1, -0.05) is 51.1 Å². The Balaban J connectivity index is 2.51. The molecule has 2 heteroatoms. The van der Waals surface area contributed by atoms with Crippen LogP contribution in [0.25, 0.3) is 0 Å². The van der Waals surface area contributed by atoms with Crippen LogP contribution < -0.4 is 5.32 Å². The molecule has 1 N–H and O–H groups in total. The normalized spacial score (nSPS) is 14.8. The van der Waals surface area contributed by atoms with Crippen LogP contribution in [0.5, 0.6) is 0 Å². The fourth-order valence-electron chi connectivity index (χ4n) is 2.73. The molecule has 1 aromatic carbocycles. The third-order valence-corrected chi connectivity index (χ3v) is 3.99. The summed E-state index contributed by atoms with van der Waals surface area (Å²) in [5.41, 5.74) is 1.40. The zero-order valence-electron chi connectivity index (χ0n) is 13.9. The number of rotatable bonds is 9. The van der Waals surface area contributed by atoms with E-state index in [1.54, 1.807) is 0 Å². The Labute approximate surface area is 125 Å². The van der Waals surface area contributed by atoms with Gasteiger partial charge in [0.1, 0.15) is 0 Å². The maximum Gasteiger partial charge on any atom is 0.0332 e. The quantitative estimate of drug-likeness (QED) is 0.730. The molecule has 0 saturated heterocycles. The molecule has 20 heavy (non-hydrogen) atoms. The first-order valence-electron chi connectivity index (χ1n) is 8.03. The molecule has 0 spiro atoms. The number of nitrogens with one attached hydrogen (secondary N) is 1. The molecule has 2 nitrogen and oxygen atoms in total. The van der Waals surface area contributed by atoms with Crippen molar-refractivity contribution in [2.75, 3.05) is 20.1 Å². The molecule has 0 amide bonds. The molecule has 2 unspecified atom stereocenters. The van der Waals surface area contributed by atoms with E-state index in [9.17, 15) is 0 Å². The van der Waals surface area contributed by atoms with E-state index in [0.29, 0.717) is 12.1 Å². The molecule has 0 heterocycles. The highest BCUT2D eigenvalue weighted by molar-refractivity contribution is 5.18. The van der Waals surface area contributed by atoms with Crippen LogP contribution in [0.4, 0.5) is 0 Å². The van der Waals surface area contributed by atoms with Crippen LogP contribution in [0, 0.1) is 5.92 Å². The average molecular weight is 276 g/mol. The van der Waals surface area contributed by atoms with E-state index >= 15 is 0 Å². The number of benzene rings is 1. The van der Waals surface area contributed by atoms with Crippen LogP contribution in [-0.4, -0.2) is 31.1 Å². The summed E-state index contributed by atoms with van der Waals surface area (Å²) in [4.78, 5) is 2.49. The molecule has 0 saturated carbocycles. The SMILES string of the molecule is CCNC(CCN(C)C(C)CC(C)C)c1ccccc1. The van der Waals surface area contributed by atoms with Gasteiger partial charge in [0.05, 0.1) is 0 Å². The van der Waals surface area contributed by atoms with Gasteiger partial charge in [-0.25, -0.2) is 0 Å². The van der Waals surface area contributed by atoms with Crippen molar-refractivity contribution in [3.8, 4) is 0 Å². The molecule has 0 aromatic heterocycles. The van der Waals surface area contributed by atoms with Gasteiger partial charge in [-0.15, -0.1) is 0 Å². The van der Waals surface area contributed by atoms with E-state index in [4.69, 9.17) is 0 Å². The summed E-state index contributed by atoms with van der Waals surface area (Å²) in [5, 5.41) is 3.61. The van der Waals surface area contributed by atoms with E-state index in [1.165, 1.54) is 12.0 Å². The molecule has 1 aromatic rings. The van der Waals surface area contributed by atoms with E-state index < -0.39 is 0 Å². The monoisotopic (exact) mass is 276 g/mol. The molecule has 0 bridgehead atoms. The van der Waals surface area contributed by atoms with Gasteiger partial charge in [-0.3, -0.25) is 0 Å². The second-order valence-corrected chi connectivity index (χ2v) is 6.27. The molecule has 1 rings (SSSR count). The smallest absolute Gasteiger partial charge is 0.0332 e.